The molecule has 1 amide bonds. The Hall–Kier alpha value is -3.81. The van der Waals surface area contributed by atoms with Gasteiger partial charge in [0.05, 0.1) is 18.5 Å². The van der Waals surface area contributed by atoms with Crippen LogP contribution in [0, 0.1) is 0 Å². The summed E-state index contributed by atoms with van der Waals surface area (Å²) in [6, 6.07) is 15.3. The number of carbonyl (C=O) groups excluding carboxylic acids is 2. The second-order valence-electron chi connectivity index (χ2n) is 7.06. The molecule has 2 heterocycles. The smallest absolute Gasteiger partial charge is 0.315 e. The van der Waals surface area contributed by atoms with Crippen LogP contribution in [0.4, 0.5) is 0 Å². The van der Waals surface area contributed by atoms with Gasteiger partial charge in [0.1, 0.15) is 6.42 Å². The number of aromatic amines is 1. The van der Waals surface area contributed by atoms with Gasteiger partial charge in [0.2, 0.25) is 12.7 Å². The molecule has 1 aromatic heterocycles. The van der Waals surface area contributed by atoms with Gasteiger partial charge in [-0.25, -0.2) is 0 Å². The highest BCUT2D eigenvalue weighted by molar-refractivity contribution is 5.94. The van der Waals surface area contributed by atoms with Crippen molar-refractivity contribution in [3.05, 3.63) is 65.9 Å². The summed E-state index contributed by atoms with van der Waals surface area (Å²) in [5, 5.41) is 7.17. The van der Waals surface area contributed by atoms with E-state index in [1.54, 1.807) is 18.0 Å². The Morgan fingerprint density at radius 2 is 1.90 bits per heavy atom. The van der Waals surface area contributed by atoms with Gasteiger partial charge in [-0.15, -0.1) is 0 Å². The van der Waals surface area contributed by atoms with Crippen LogP contribution in [0.1, 0.15) is 24.5 Å². The lowest BCUT2D eigenvalue weighted by Gasteiger charge is -2.23. The number of aromatic nitrogens is 2. The van der Waals surface area contributed by atoms with Gasteiger partial charge in [-0.05, 0) is 30.2 Å². The molecule has 8 nitrogen and oxygen atoms in total. The first-order valence-corrected chi connectivity index (χ1v) is 10.0. The highest BCUT2D eigenvalue weighted by Gasteiger charge is 2.22. The van der Waals surface area contributed by atoms with E-state index in [1.807, 2.05) is 48.5 Å². The summed E-state index contributed by atoms with van der Waals surface area (Å²) < 4.78 is 15.8. The summed E-state index contributed by atoms with van der Waals surface area (Å²) in [6.45, 7) is 2.71. The molecule has 0 radical (unpaired) electrons. The summed E-state index contributed by atoms with van der Waals surface area (Å²) in [5.74, 6) is 0.452. The number of benzene rings is 2. The summed E-state index contributed by atoms with van der Waals surface area (Å²) in [6.07, 6.45) is 1.38. The monoisotopic (exact) mass is 421 g/mol. The van der Waals surface area contributed by atoms with E-state index in [4.69, 9.17) is 14.2 Å². The van der Waals surface area contributed by atoms with Crippen LogP contribution in [-0.4, -0.2) is 40.4 Å². The summed E-state index contributed by atoms with van der Waals surface area (Å²) >= 11 is 0. The van der Waals surface area contributed by atoms with Gasteiger partial charge < -0.3 is 19.1 Å². The van der Waals surface area contributed by atoms with E-state index >= 15 is 0 Å². The average molecular weight is 421 g/mol. The predicted molar refractivity (Wildman–Crippen MR) is 112 cm³/mol. The summed E-state index contributed by atoms with van der Waals surface area (Å²) in [7, 11) is 0. The Bertz CT molecular complexity index is 1060. The molecule has 8 heteroatoms. The molecule has 0 aliphatic carbocycles. The molecular weight excluding hydrogens is 398 g/mol. The third-order valence-electron chi connectivity index (χ3n) is 4.91. The Morgan fingerprint density at radius 1 is 1.10 bits per heavy atom. The van der Waals surface area contributed by atoms with E-state index in [-0.39, 0.29) is 32.3 Å². The second kappa shape index (κ2) is 9.34. The molecule has 0 saturated carbocycles. The molecule has 0 fully saturated rings. The van der Waals surface area contributed by atoms with Crippen LogP contribution in [0.2, 0.25) is 0 Å². The summed E-state index contributed by atoms with van der Waals surface area (Å²) in [5.41, 5.74) is 3.52. The van der Waals surface area contributed by atoms with Crippen LogP contribution in [0.25, 0.3) is 11.3 Å². The van der Waals surface area contributed by atoms with Crippen LogP contribution in [-0.2, 0) is 27.4 Å². The van der Waals surface area contributed by atoms with Gasteiger partial charge in [-0.2, -0.15) is 5.10 Å². The van der Waals surface area contributed by atoms with E-state index in [9.17, 15) is 9.59 Å². The molecule has 0 atom stereocenters. The maximum Gasteiger partial charge on any atom is 0.315 e. The minimum absolute atomic E-state index is 0.180. The SMILES string of the molecule is CCOC(=O)CC(=O)N(Cc1ccc2c(c1)OCO2)Cc1cn[nH]c1-c1ccccc1. The lowest BCUT2D eigenvalue weighted by atomic mass is 10.1. The lowest BCUT2D eigenvalue weighted by molar-refractivity contribution is -0.149. The number of ether oxygens (including phenoxy) is 3. The van der Waals surface area contributed by atoms with Gasteiger partial charge in [0.25, 0.3) is 0 Å². The number of carbonyl (C=O) groups is 2. The molecule has 0 saturated heterocycles. The van der Waals surface area contributed by atoms with E-state index in [2.05, 4.69) is 10.2 Å². The van der Waals surface area contributed by atoms with Crippen molar-refractivity contribution in [1.29, 1.82) is 0 Å². The number of nitrogens with one attached hydrogen (secondary N) is 1. The number of hydrogen-bond acceptors (Lipinski definition) is 6. The Balaban J connectivity index is 1.58. The first kappa shape index (κ1) is 20.5. The Labute approximate surface area is 179 Å². The first-order chi connectivity index (χ1) is 15.1. The van der Waals surface area contributed by atoms with Gasteiger partial charge in [-0.1, -0.05) is 36.4 Å². The molecule has 2 aromatic carbocycles. The van der Waals surface area contributed by atoms with Crippen LogP contribution in [0.15, 0.2) is 54.7 Å². The van der Waals surface area contributed by atoms with Crippen molar-refractivity contribution in [2.75, 3.05) is 13.4 Å². The molecule has 0 unspecified atom stereocenters. The number of H-pyrrole nitrogens is 1. The maximum atomic E-state index is 13.0. The van der Waals surface area contributed by atoms with Crippen molar-refractivity contribution in [1.82, 2.24) is 15.1 Å². The predicted octanol–water partition coefficient (Wildman–Crippen LogP) is 3.29. The second-order valence-corrected chi connectivity index (χ2v) is 7.06. The number of rotatable bonds is 8. The van der Waals surface area contributed by atoms with Crippen molar-refractivity contribution in [2.45, 2.75) is 26.4 Å². The fourth-order valence-electron chi connectivity index (χ4n) is 3.43. The Morgan fingerprint density at radius 3 is 2.71 bits per heavy atom. The first-order valence-electron chi connectivity index (χ1n) is 10.0. The third-order valence-corrected chi connectivity index (χ3v) is 4.91. The van der Waals surface area contributed by atoms with Gasteiger partial charge in [-0.3, -0.25) is 14.7 Å². The number of nitrogens with zero attached hydrogens (tertiary/aromatic N) is 2. The van der Waals surface area contributed by atoms with Crippen molar-refractivity contribution >= 4 is 11.9 Å². The van der Waals surface area contributed by atoms with Gasteiger partial charge in [0, 0.05) is 18.7 Å². The van der Waals surface area contributed by atoms with E-state index < -0.39 is 5.97 Å². The topological polar surface area (TPSA) is 93.8 Å². The van der Waals surface area contributed by atoms with Crippen LogP contribution < -0.4 is 9.47 Å². The molecule has 31 heavy (non-hydrogen) atoms. The number of fused-ring (bicyclic) bond motifs is 1. The Kier molecular flexibility index (Phi) is 6.16. The normalized spacial score (nSPS) is 11.9. The van der Waals surface area contributed by atoms with Crippen molar-refractivity contribution in [3.63, 3.8) is 0 Å². The molecule has 1 aliphatic rings. The van der Waals surface area contributed by atoms with Crippen molar-refractivity contribution in [3.8, 4) is 22.8 Å². The van der Waals surface area contributed by atoms with Crippen molar-refractivity contribution in [2.24, 2.45) is 0 Å². The highest BCUT2D eigenvalue weighted by atomic mass is 16.7. The highest BCUT2D eigenvalue weighted by Crippen LogP contribution is 2.33. The quantitative estimate of drug-likeness (QED) is 0.443. The van der Waals surface area contributed by atoms with E-state index in [0.29, 0.717) is 18.0 Å². The van der Waals surface area contributed by atoms with Gasteiger partial charge in [0.15, 0.2) is 11.5 Å². The molecule has 3 aromatic rings. The zero-order chi connectivity index (χ0) is 21.6. The van der Waals surface area contributed by atoms with E-state index in [0.717, 1.165) is 22.4 Å². The fraction of sp³-hybridized carbons (Fsp3) is 0.261. The van der Waals surface area contributed by atoms with Crippen molar-refractivity contribution < 1.29 is 23.8 Å². The zero-order valence-electron chi connectivity index (χ0n) is 17.2. The lowest BCUT2D eigenvalue weighted by Crippen LogP contribution is -2.32. The molecule has 160 valence electrons. The maximum absolute atomic E-state index is 13.0. The van der Waals surface area contributed by atoms with E-state index in [1.165, 1.54) is 0 Å². The molecule has 1 N–H and O–H groups in total. The number of esters is 1. The van der Waals surface area contributed by atoms with Crippen LogP contribution in [0.3, 0.4) is 0 Å². The molecule has 4 rings (SSSR count). The van der Waals surface area contributed by atoms with Crippen LogP contribution in [0.5, 0.6) is 11.5 Å². The fourth-order valence-corrected chi connectivity index (χ4v) is 3.43. The minimum Gasteiger partial charge on any atom is -0.466 e. The standard InChI is InChI=1S/C23H23N3O5/c1-2-29-22(28)11-21(27)26(13-16-8-9-19-20(10-16)31-15-30-19)14-18-12-24-25-23(18)17-6-4-3-5-7-17/h3-10,12H,2,11,13-15H2,1H3,(H,24,25). The van der Waals surface area contributed by atoms with Gasteiger partial charge >= 0.3 is 5.97 Å². The molecule has 1 aliphatic heterocycles. The number of hydrogen-bond donors (Lipinski definition) is 1. The zero-order valence-corrected chi connectivity index (χ0v) is 17.2. The molecular formula is C23H23N3O5. The molecule has 0 spiro atoms. The molecule has 0 bridgehead atoms. The van der Waals surface area contributed by atoms with Crippen LogP contribution >= 0.6 is 0 Å². The largest absolute Gasteiger partial charge is 0.466 e. The summed E-state index contributed by atoms with van der Waals surface area (Å²) in [4.78, 5) is 26.5. The minimum atomic E-state index is -0.543. The number of amides is 1. The third kappa shape index (κ3) is 4.85. The average Bonchev–Trinajstić information content (AvgIpc) is 3.43.